The average molecular weight is 276 g/mol. The van der Waals surface area contributed by atoms with E-state index in [2.05, 4.69) is 0 Å². The van der Waals surface area contributed by atoms with Gasteiger partial charge in [-0.3, -0.25) is 4.79 Å². The fourth-order valence-electron chi connectivity index (χ4n) is 2.24. The number of rotatable bonds is 5. The normalized spacial score (nSPS) is 10.8. The zero-order chi connectivity index (χ0) is 14.5. The van der Waals surface area contributed by atoms with Crippen molar-refractivity contribution in [1.29, 1.82) is 0 Å². The van der Waals surface area contributed by atoms with Gasteiger partial charge >= 0.3 is 5.97 Å². The van der Waals surface area contributed by atoms with Gasteiger partial charge in [0.1, 0.15) is 11.6 Å². The van der Waals surface area contributed by atoms with E-state index >= 15 is 0 Å². The lowest BCUT2D eigenvalue weighted by atomic mass is 9.87. The van der Waals surface area contributed by atoms with Gasteiger partial charge in [0.05, 0.1) is 0 Å². The first-order valence-electron chi connectivity index (χ1n) is 6.29. The number of halogens is 2. The second kappa shape index (κ2) is 6.28. The van der Waals surface area contributed by atoms with Crippen molar-refractivity contribution in [2.75, 3.05) is 0 Å². The van der Waals surface area contributed by atoms with Crippen LogP contribution in [0.1, 0.15) is 29.9 Å². The summed E-state index contributed by atoms with van der Waals surface area (Å²) >= 11 is 0. The molecule has 0 atom stereocenters. The third kappa shape index (κ3) is 3.63. The Kier molecular flexibility index (Phi) is 4.45. The standard InChI is InChI=1S/C16H14F2O2/c17-13-5-1-3-11(9-13)15(7-8-16(19)20)12-4-2-6-14(18)10-12/h1-6,9-10,15H,7-8H2,(H,19,20). The van der Waals surface area contributed by atoms with Gasteiger partial charge in [0.25, 0.3) is 0 Å². The van der Waals surface area contributed by atoms with Crippen LogP contribution in [-0.2, 0) is 4.79 Å². The first-order chi connectivity index (χ1) is 9.56. The molecule has 0 aromatic heterocycles. The topological polar surface area (TPSA) is 37.3 Å². The molecule has 0 aliphatic rings. The Hall–Kier alpha value is -2.23. The van der Waals surface area contributed by atoms with Crippen molar-refractivity contribution in [3.63, 3.8) is 0 Å². The highest BCUT2D eigenvalue weighted by Crippen LogP contribution is 2.30. The number of hydrogen-bond acceptors (Lipinski definition) is 1. The van der Waals surface area contributed by atoms with Gasteiger partial charge in [0.15, 0.2) is 0 Å². The van der Waals surface area contributed by atoms with Crippen LogP contribution >= 0.6 is 0 Å². The SMILES string of the molecule is O=C(O)CCC(c1cccc(F)c1)c1cccc(F)c1. The van der Waals surface area contributed by atoms with E-state index in [1.807, 2.05) is 0 Å². The van der Waals surface area contributed by atoms with E-state index in [0.29, 0.717) is 17.5 Å². The second-order valence-corrected chi connectivity index (χ2v) is 4.60. The Morgan fingerprint density at radius 1 is 1.00 bits per heavy atom. The molecule has 2 aromatic rings. The van der Waals surface area contributed by atoms with Crippen LogP contribution in [0.25, 0.3) is 0 Å². The lowest BCUT2D eigenvalue weighted by molar-refractivity contribution is -0.137. The van der Waals surface area contributed by atoms with Gasteiger partial charge in [-0.25, -0.2) is 8.78 Å². The molecule has 0 fully saturated rings. The summed E-state index contributed by atoms with van der Waals surface area (Å²) < 4.78 is 26.7. The average Bonchev–Trinajstić information content (AvgIpc) is 2.39. The van der Waals surface area contributed by atoms with Crippen LogP contribution in [0.2, 0.25) is 0 Å². The highest BCUT2D eigenvalue weighted by Gasteiger charge is 2.16. The number of aliphatic carboxylic acids is 1. The molecule has 20 heavy (non-hydrogen) atoms. The molecule has 0 amide bonds. The van der Waals surface area contributed by atoms with E-state index in [-0.39, 0.29) is 24.0 Å². The van der Waals surface area contributed by atoms with Crippen molar-refractivity contribution in [2.45, 2.75) is 18.8 Å². The Morgan fingerprint density at radius 2 is 1.50 bits per heavy atom. The van der Waals surface area contributed by atoms with Gasteiger partial charge in [0, 0.05) is 12.3 Å². The Balaban J connectivity index is 2.36. The fraction of sp³-hybridized carbons (Fsp3) is 0.188. The van der Waals surface area contributed by atoms with E-state index in [4.69, 9.17) is 5.11 Å². The van der Waals surface area contributed by atoms with Gasteiger partial charge in [-0.2, -0.15) is 0 Å². The molecule has 0 aliphatic heterocycles. The Labute approximate surface area is 115 Å². The number of carboxylic acids is 1. The van der Waals surface area contributed by atoms with Crippen LogP contribution in [0.15, 0.2) is 48.5 Å². The molecule has 0 heterocycles. The van der Waals surface area contributed by atoms with Crippen LogP contribution in [-0.4, -0.2) is 11.1 Å². The number of carboxylic acid groups (broad SMARTS) is 1. The molecule has 4 heteroatoms. The van der Waals surface area contributed by atoms with Gasteiger partial charge < -0.3 is 5.11 Å². The minimum atomic E-state index is -0.928. The molecule has 1 N–H and O–H groups in total. The number of carbonyl (C=O) groups is 1. The van der Waals surface area contributed by atoms with Gasteiger partial charge in [0.2, 0.25) is 0 Å². The van der Waals surface area contributed by atoms with Crippen LogP contribution in [0.5, 0.6) is 0 Å². The Morgan fingerprint density at radius 3 is 1.90 bits per heavy atom. The highest BCUT2D eigenvalue weighted by molar-refractivity contribution is 5.66. The zero-order valence-electron chi connectivity index (χ0n) is 10.7. The highest BCUT2D eigenvalue weighted by atomic mass is 19.1. The number of benzene rings is 2. The molecule has 2 rings (SSSR count). The molecule has 0 unspecified atom stereocenters. The predicted molar refractivity (Wildman–Crippen MR) is 71.5 cm³/mol. The maximum atomic E-state index is 13.3. The summed E-state index contributed by atoms with van der Waals surface area (Å²) in [4.78, 5) is 10.8. The summed E-state index contributed by atoms with van der Waals surface area (Å²) in [7, 11) is 0. The summed E-state index contributed by atoms with van der Waals surface area (Å²) in [5.41, 5.74) is 1.30. The minimum absolute atomic E-state index is 0.0578. The molecular weight excluding hydrogens is 262 g/mol. The first kappa shape index (κ1) is 14.2. The van der Waals surface area contributed by atoms with Crippen molar-refractivity contribution >= 4 is 5.97 Å². The molecule has 0 bridgehead atoms. The van der Waals surface area contributed by atoms with Crippen LogP contribution in [0, 0.1) is 11.6 Å². The van der Waals surface area contributed by atoms with Crippen LogP contribution in [0.3, 0.4) is 0 Å². The van der Waals surface area contributed by atoms with E-state index < -0.39 is 5.97 Å². The third-order valence-corrected chi connectivity index (χ3v) is 3.15. The monoisotopic (exact) mass is 276 g/mol. The second-order valence-electron chi connectivity index (χ2n) is 4.60. The quantitative estimate of drug-likeness (QED) is 0.897. The van der Waals surface area contributed by atoms with Crippen LogP contribution < -0.4 is 0 Å². The van der Waals surface area contributed by atoms with E-state index in [0.717, 1.165) is 0 Å². The molecule has 0 spiro atoms. The summed E-state index contributed by atoms with van der Waals surface area (Å²) in [6.45, 7) is 0. The van der Waals surface area contributed by atoms with Gasteiger partial charge in [-0.05, 0) is 41.8 Å². The molecule has 0 saturated carbocycles. The first-order valence-corrected chi connectivity index (χ1v) is 6.29. The zero-order valence-corrected chi connectivity index (χ0v) is 10.7. The Bertz CT molecular complexity index is 565. The number of hydrogen-bond donors (Lipinski definition) is 1. The van der Waals surface area contributed by atoms with Crippen molar-refractivity contribution in [2.24, 2.45) is 0 Å². The maximum absolute atomic E-state index is 13.3. The van der Waals surface area contributed by atoms with E-state index in [1.165, 1.54) is 24.3 Å². The van der Waals surface area contributed by atoms with Crippen molar-refractivity contribution < 1.29 is 18.7 Å². The maximum Gasteiger partial charge on any atom is 0.303 e. The molecule has 104 valence electrons. The third-order valence-electron chi connectivity index (χ3n) is 3.15. The lowest BCUT2D eigenvalue weighted by Crippen LogP contribution is -2.05. The molecule has 0 aliphatic carbocycles. The van der Waals surface area contributed by atoms with Crippen molar-refractivity contribution in [3.8, 4) is 0 Å². The predicted octanol–water partition coefficient (Wildman–Crippen LogP) is 3.96. The molecule has 0 saturated heterocycles. The van der Waals surface area contributed by atoms with Gasteiger partial charge in [-0.1, -0.05) is 24.3 Å². The molecular formula is C16H14F2O2. The largest absolute Gasteiger partial charge is 0.481 e. The molecule has 2 nitrogen and oxygen atoms in total. The summed E-state index contributed by atoms with van der Waals surface area (Å²) in [6, 6.07) is 11.9. The van der Waals surface area contributed by atoms with Gasteiger partial charge in [-0.15, -0.1) is 0 Å². The summed E-state index contributed by atoms with van der Waals surface area (Å²) in [5.74, 6) is -2.04. The van der Waals surface area contributed by atoms with Crippen molar-refractivity contribution in [1.82, 2.24) is 0 Å². The van der Waals surface area contributed by atoms with Crippen molar-refractivity contribution in [3.05, 3.63) is 71.3 Å². The minimum Gasteiger partial charge on any atom is -0.481 e. The molecule has 2 aromatic carbocycles. The smallest absolute Gasteiger partial charge is 0.303 e. The lowest BCUT2D eigenvalue weighted by Gasteiger charge is -2.17. The summed E-state index contributed by atoms with van der Waals surface area (Å²) in [6.07, 6.45) is 0.236. The molecule has 0 radical (unpaired) electrons. The van der Waals surface area contributed by atoms with E-state index in [1.54, 1.807) is 24.3 Å². The summed E-state index contributed by atoms with van der Waals surface area (Å²) in [5, 5.41) is 8.82. The fourth-order valence-corrected chi connectivity index (χ4v) is 2.24. The van der Waals surface area contributed by atoms with E-state index in [9.17, 15) is 13.6 Å². The van der Waals surface area contributed by atoms with Crippen LogP contribution in [0.4, 0.5) is 8.78 Å².